The van der Waals surface area contributed by atoms with Crippen LogP contribution in [0.1, 0.15) is 31.1 Å². The average molecular weight is 286 g/mol. The highest BCUT2D eigenvalue weighted by molar-refractivity contribution is 5.25. The molecule has 0 saturated heterocycles. The normalized spacial score (nSPS) is 12.4. The van der Waals surface area contributed by atoms with Crippen LogP contribution in [0.5, 0.6) is 5.88 Å². The summed E-state index contributed by atoms with van der Waals surface area (Å²) in [7, 11) is 0. The molecule has 1 heterocycles. The van der Waals surface area contributed by atoms with Gasteiger partial charge in [0.25, 0.3) is 0 Å². The Kier molecular flexibility index (Phi) is 5.72. The molecule has 112 valence electrons. The summed E-state index contributed by atoms with van der Waals surface area (Å²) in [4.78, 5) is 4.25. The van der Waals surface area contributed by atoms with E-state index in [4.69, 9.17) is 4.74 Å². The zero-order valence-electron chi connectivity index (χ0n) is 12.5. The number of nitrogens with zero attached hydrogens (tertiary/aromatic N) is 1. The van der Waals surface area contributed by atoms with Crippen LogP contribution in [0.25, 0.3) is 0 Å². The second kappa shape index (κ2) is 7.76. The van der Waals surface area contributed by atoms with Crippen LogP contribution >= 0.6 is 0 Å². The van der Waals surface area contributed by atoms with E-state index in [2.05, 4.69) is 10.3 Å². The third-order valence-corrected chi connectivity index (χ3v) is 3.03. The molecule has 2 aromatic rings. The molecule has 1 atom stereocenters. The number of aliphatic hydroxyl groups excluding tert-OH is 1. The number of benzene rings is 1. The zero-order chi connectivity index (χ0) is 15.1. The molecule has 0 aliphatic heterocycles. The monoisotopic (exact) mass is 286 g/mol. The first-order chi connectivity index (χ1) is 10.2. The highest BCUT2D eigenvalue weighted by atomic mass is 16.5. The van der Waals surface area contributed by atoms with Gasteiger partial charge >= 0.3 is 0 Å². The minimum atomic E-state index is -0.516. The van der Waals surface area contributed by atoms with Gasteiger partial charge in [0, 0.05) is 24.8 Å². The number of aromatic nitrogens is 1. The molecule has 1 unspecified atom stereocenters. The van der Waals surface area contributed by atoms with Crippen LogP contribution < -0.4 is 10.1 Å². The summed E-state index contributed by atoms with van der Waals surface area (Å²) in [6.07, 6.45) is 1.30. The van der Waals surface area contributed by atoms with Gasteiger partial charge in [-0.3, -0.25) is 0 Å². The van der Waals surface area contributed by atoms with Gasteiger partial charge in [-0.15, -0.1) is 0 Å². The molecule has 0 bridgehead atoms. The topological polar surface area (TPSA) is 54.4 Å². The number of aliphatic hydroxyl groups is 1. The minimum Gasteiger partial charge on any atom is -0.475 e. The van der Waals surface area contributed by atoms with Crippen molar-refractivity contribution in [1.29, 1.82) is 0 Å². The van der Waals surface area contributed by atoms with E-state index in [1.54, 1.807) is 6.20 Å². The summed E-state index contributed by atoms with van der Waals surface area (Å²) in [6.45, 7) is 5.05. The Morgan fingerprint density at radius 2 is 1.90 bits per heavy atom. The van der Waals surface area contributed by atoms with Crippen LogP contribution in [0.15, 0.2) is 48.7 Å². The fourth-order valence-electron chi connectivity index (χ4n) is 2.02. The molecule has 1 aromatic heterocycles. The molecular weight excluding hydrogens is 264 g/mol. The molecule has 0 amide bonds. The van der Waals surface area contributed by atoms with Crippen molar-refractivity contribution in [2.75, 3.05) is 6.54 Å². The molecule has 2 rings (SSSR count). The van der Waals surface area contributed by atoms with E-state index in [0.29, 0.717) is 19.0 Å². The summed E-state index contributed by atoms with van der Waals surface area (Å²) in [5, 5.41) is 13.3. The second-order valence-corrected chi connectivity index (χ2v) is 5.19. The molecule has 0 saturated carbocycles. The van der Waals surface area contributed by atoms with Gasteiger partial charge in [-0.2, -0.15) is 0 Å². The molecular formula is C17H22N2O2. The van der Waals surface area contributed by atoms with Crippen LogP contribution in [0.3, 0.4) is 0 Å². The Balaban J connectivity index is 1.89. The van der Waals surface area contributed by atoms with Crippen molar-refractivity contribution in [3.63, 3.8) is 0 Å². The van der Waals surface area contributed by atoms with Crippen molar-refractivity contribution < 1.29 is 9.84 Å². The van der Waals surface area contributed by atoms with Gasteiger partial charge in [-0.25, -0.2) is 4.98 Å². The quantitative estimate of drug-likeness (QED) is 0.821. The SMILES string of the molecule is CC(C)Oc1ncccc1CNCC(O)c1ccccc1. The van der Waals surface area contributed by atoms with Crippen LogP contribution in [0, 0.1) is 0 Å². The van der Waals surface area contributed by atoms with Gasteiger partial charge in [-0.1, -0.05) is 36.4 Å². The smallest absolute Gasteiger partial charge is 0.218 e. The molecule has 21 heavy (non-hydrogen) atoms. The van der Waals surface area contributed by atoms with Crippen LogP contribution in [-0.4, -0.2) is 22.7 Å². The maximum absolute atomic E-state index is 10.1. The molecule has 0 aliphatic rings. The Morgan fingerprint density at radius 3 is 2.62 bits per heavy atom. The Hall–Kier alpha value is -1.91. The van der Waals surface area contributed by atoms with E-state index in [-0.39, 0.29) is 6.10 Å². The number of ether oxygens (including phenoxy) is 1. The van der Waals surface area contributed by atoms with E-state index in [0.717, 1.165) is 11.1 Å². The average Bonchev–Trinajstić information content (AvgIpc) is 2.49. The summed E-state index contributed by atoms with van der Waals surface area (Å²) in [5.74, 6) is 0.647. The first kappa shape index (κ1) is 15.5. The third kappa shape index (κ3) is 4.85. The van der Waals surface area contributed by atoms with Crippen molar-refractivity contribution >= 4 is 0 Å². The van der Waals surface area contributed by atoms with E-state index in [1.165, 1.54) is 0 Å². The first-order valence-corrected chi connectivity index (χ1v) is 7.21. The van der Waals surface area contributed by atoms with Crippen molar-refractivity contribution in [3.8, 4) is 5.88 Å². The molecule has 4 heteroatoms. The van der Waals surface area contributed by atoms with Crippen LogP contribution in [0.2, 0.25) is 0 Å². The van der Waals surface area contributed by atoms with E-state index in [9.17, 15) is 5.11 Å². The highest BCUT2D eigenvalue weighted by Gasteiger charge is 2.09. The van der Waals surface area contributed by atoms with Gasteiger partial charge in [0.15, 0.2) is 0 Å². The molecule has 0 aliphatic carbocycles. The second-order valence-electron chi connectivity index (χ2n) is 5.19. The summed E-state index contributed by atoms with van der Waals surface area (Å²) in [6, 6.07) is 13.5. The fourth-order valence-corrected chi connectivity index (χ4v) is 2.02. The van der Waals surface area contributed by atoms with Crippen molar-refractivity contribution in [3.05, 3.63) is 59.8 Å². The number of nitrogens with one attached hydrogen (secondary N) is 1. The largest absolute Gasteiger partial charge is 0.475 e. The number of pyridine rings is 1. The highest BCUT2D eigenvalue weighted by Crippen LogP contribution is 2.16. The lowest BCUT2D eigenvalue weighted by Gasteiger charge is -2.15. The van der Waals surface area contributed by atoms with Crippen molar-refractivity contribution in [1.82, 2.24) is 10.3 Å². The van der Waals surface area contributed by atoms with Crippen molar-refractivity contribution in [2.24, 2.45) is 0 Å². The van der Waals surface area contributed by atoms with E-state index in [1.807, 2.05) is 56.3 Å². The van der Waals surface area contributed by atoms with Crippen LogP contribution in [-0.2, 0) is 6.54 Å². The summed E-state index contributed by atoms with van der Waals surface area (Å²) < 4.78 is 5.67. The molecule has 0 fully saturated rings. The fraction of sp³-hybridized carbons (Fsp3) is 0.353. The molecule has 2 N–H and O–H groups in total. The Morgan fingerprint density at radius 1 is 1.14 bits per heavy atom. The molecule has 0 radical (unpaired) electrons. The lowest BCUT2D eigenvalue weighted by molar-refractivity contribution is 0.173. The number of hydrogen-bond acceptors (Lipinski definition) is 4. The number of rotatable bonds is 7. The summed E-state index contributed by atoms with van der Waals surface area (Å²) >= 11 is 0. The minimum absolute atomic E-state index is 0.0913. The predicted octanol–water partition coefficient (Wildman–Crippen LogP) is 2.69. The van der Waals surface area contributed by atoms with E-state index < -0.39 is 6.10 Å². The van der Waals surface area contributed by atoms with Gasteiger partial charge in [-0.05, 0) is 25.5 Å². The third-order valence-electron chi connectivity index (χ3n) is 3.03. The molecule has 1 aromatic carbocycles. The van der Waals surface area contributed by atoms with Gasteiger partial charge in [0.05, 0.1) is 12.2 Å². The lowest BCUT2D eigenvalue weighted by atomic mass is 10.1. The van der Waals surface area contributed by atoms with Crippen LogP contribution in [0.4, 0.5) is 0 Å². The van der Waals surface area contributed by atoms with Gasteiger partial charge in [0.1, 0.15) is 0 Å². The van der Waals surface area contributed by atoms with Gasteiger partial charge in [0.2, 0.25) is 5.88 Å². The molecule has 4 nitrogen and oxygen atoms in total. The maximum Gasteiger partial charge on any atom is 0.218 e. The Labute approximate surface area is 125 Å². The maximum atomic E-state index is 10.1. The standard InChI is InChI=1S/C17H22N2O2/c1-13(2)21-17-15(9-6-10-19-17)11-18-12-16(20)14-7-4-3-5-8-14/h3-10,13,16,18,20H,11-12H2,1-2H3. The number of hydrogen-bond donors (Lipinski definition) is 2. The predicted molar refractivity (Wildman–Crippen MR) is 83.1 cm³/mol. The first-order valence-electron chi connectivity index (χ1n) is 7.21. The Bertz CT molecular complexity index is 543. The van der Waals surface area contributed by atoms with Gasteiger partial charge < -0.3 is 15.2 Å². The molecule has 0 spiro atoms. The zero-order valence-corrected chi connectivity index (χ0v) is 12.5. The summed E-state index contributed by atoms with van der Waals surface area (Å²) in [5.41, 5.74) is 1.90. The lowest BCUT2D eigenvalue weighted by Crippen LogP contribution is -2.22. The van der Waals surface area contributed by atoms with Crippen molar-refractivity contribution in [2.45, 2.75) is 32.6 Å². The van der Waals surface area contributed by atoms with E-state index >= 15 is 0 Å².